The number of aromatic nitrogens is 10. The minimum Gasteiger partial charge on any atom is -0.364 e. The van der Waals surface area contributed by atoms with Gasteiger partial charge in [0.15, 0.2) is 11.3 Å². The molecule has 112 heavy (non-hydrogen) atoms. The van der Waals surface area contributed by atoms with Gasteiger partial charge in [0, 0.05) is 58.6 Å². The highest BCUT2D eigenvalue weighted by atomic mass is 35.5. The molecule has 5 N–H and O–H groups in total. The predicted octanol–water partition coefficient (Wildman–Crippen LogP) is 15.9. The number of pyridine rings is 6. The fourth-order valence-electron chi connectivity index (χ4n) is 12.8. The first-order valence-corrected chi connectivity index (χ1v) is 41.6. The largest absolute Gasteiger partial charge is 0.364 e. The van der Waals surface area contributed by atoms with Crippen LogP contribution >= 0.6 is 11.6 Å². The molecule has 3 aromatic carbocycles. The number of sulfonamides is 3. The summed E-state index contributed by atoms with van der Waals surface area (Å²) < 4.78 is 92.9. The zero-order chi connectivity index (χ0) is 80.5. The van der Waals surface area contributed by atoms with Crippen LogP contribution in [0.2, 0.25) is 5.15 Å². The molecule has 11 aromatic rings. The van der Waals surface area contributed by atoms with Crippen molar-refractivity contribution in [3.63, 3.8) is 0 Å². The van der Waals surface area contributed by atoms with Crippen molar-refractivity contribution in [2.75, 3.05) is 87.7 Å². The van der Waals surface area contributed by atoms with Crippen LogP contribution in [0.1, 0.15) is 115 Å². The minimum atomic E-state index is -3.48. The van der Waals surface area contributed by atoms with E-state index in [1.54, 1.807) is 54.6 Å². The van der Waals surface area contributed by atoms with Crippen LogP contribution in [-0.2, 0) is 58.8 Å². The third kappa shape index (κ3) is 19.2. The van der Waals surface area contributed by atoms with Crippen molar-refractivity contribution in [1.29, 1.82) is 0 Å². The second kappa shape index (κ2) is 34.7. The van der Waals surface area contributed by atoms with Gasteiger partial charge in [-0.3, -0.25) is 32.0 Å². The zero-order valence-corrected chi connectivity index (χ0v) is 67.3. The summed E-state index contributed by atoms with van der Waals surface area (Å²) in [5.74, 6) is 3.13. The van der Waals surface area contributed by atoms with Gasteiger partial charge in [-0.1, -0.05) is 85.9 Å². The third-order valence-corrected chi connectivity index (χ3v) is 22.6. The van der Waals surface area contributed by atoms with Gasteiger partial charge in [0.25, 0.3) is 17.5 Å². The Balaban J connectivity index is 0.000000157. The van der Waals surface area contributed by atoms with Crippen molar-refractivity contribution in [2.45, 2.75) is 112 Å². The molecule has 33 heteroatoms. The highest BCUT2D eigenvalue weighted by Crippen LogP contribution is 2.42. The number of para-hydroxylation sites is 6. The van der Waals surface area contributed by atoms with Crippen LogP contribution in [0.25, 0.3) is 36.9 Å². The van der Waals surface area contributed by atoms with Crippen molar-refractivity contribution >= 4 is 150 Å². The van der Waals surface area contributed by atoms with Crippen LogP contribution < -0.4 is 34.6 Å². The summed E-state index contributed by atoms with van der Waals surface area (Å²) in [4.78, 5) is 51.6. The fraction of sp³-hybridized carbons (Fsp3) is 0.316. The molecule has 2 saturated heterocycles. The van der Waals surface area contributed by atoms with E-state index in [2.05, 4.69) is 55.4 Å². The van der Waals surface area contributed by atoms with Gasteiger partial charge in [-0.15, -0.1) is 15.0 Å². The Morgan fingerprint density at radius 1 is 0.482 bits per heavy atom. The predicted molar refractivity (Wildman–Crippen MR) is 443 cm³/mol. The molecule has 3 aliphatic heterocycles. The molecule has 2 atom stereocenters. The molecule has 0 saturated carbocycles. The molecule has 8 aromatic heterocycles. The Morgan fingerprint density at radius 3 is 1.29 bits per heavy atom. The Kier molecular flexibility index (Phi) is 25.2. The number of halogens is 1. The second-order valence-corrected chi connectivity index (χ2v) is 33.7. The lowest BCUT2D eigenvalue weighted by atomic mass is 10.1. The topological polar surface area (TPSA) is 331 Å². The maximum Gasteiger partial charge on any atom is 0.274 e. The maximum absolute atomic E-state index is 12.3. The van der Waals surface area contributed by atoms with Gasteiger partial charge in [-0.2, -0.15) is 0 Å². The van der Waals surface area contributed by atoms with Crippen LogP contribution in [0.4, 0.5) is 80.1 Å². The second-order valence-electron chi connectivity index (χ2n) is 27.2. The SMILES string of the molecule is Cc1nc2c(Nc3ccccc3N(C)S(C)(=O)=O)cc(Cl)nc2n1C1CCCCO1.[C-]#[N+]c1nc(Cc2cc(Nc3ccccc3N(C)S(C)(=O)=O)c3c(n2)CC(C)=N3)ccc1C.[C-]#[N+]c1nc(Cc2cc(Nc3ccccc3N(C)S(C)(=O)=O)c3nc(C)n(C4CCCCO4)c3n2)ccc1C.[C-]#[N+]c1nc(N)ccc1C. The molecular formula is C79H86ClN21O8S3. The van der Waals surface area contributed by atoms with Crippen molar-refractivity contribution in [3.8, 4) is 0 Å². The first-order chi connectivity index (χ1) is 53.3. The number of anilines is 10. The summed E-state index contributed by atoms with van der Waals surface area (Å²) in [5.41, 5.74) is 21.7. The number of hydrogen-bond donors (Lipinski definition) is 4. The Bertz CT molecular complexity index is 5920. The van der Waals surface area contributed by atoms with E-state index in [4.69, 9.17) is 66.5 Å². The molecule has 3 aliphatic rings. The Hall–Kier alpha value is -11.7. The number of rotatable bonds is 18. The van der Waals surface area contributed by atoms with Gasteiger partial charge in [0.05, 0.1) is 99.9 Å². The van der Waals surface area contributed by atoms with E-state index in [0.717, 1.165) is 112 Å². The summed E-state index contributed by atoms with van der Waals surface area (Å²) >= 11 is 6.35. The molecule has 29 nitrogen and oxygen atoms in total. The molecule has 0 spiro atoms. The van der Waals surface area contributed by atoms with Crippen molar-refractivity contribution in [2.24, 2.45) is 4.99 Å². The lowest BCUT2D eigenvalue weighted by molar-refractivity contribution is -0.0310. The molecule has 14 rings (SSSR count). The van der Waals surface area contributed by atoms with Crippen LogP contribution in [0.15, 0.2) is 132 Å². The molecule has 2 fully saturated rings. The van der Waals surface area contributed by atoms with Gasteiger partial charge in [-0.25, -0.2) is 45.2 Å². The van der Waals surface area contributed by atoms with E-state index in [9.17, 15) is 25.3 Å². The number of nitrogens with two attached hydrogens (primary N) is 1. The quantitative estimate of drug-likeness (QED) is 0.0458. The number of aliphatic imine (C=N–C) groups is 1. The highest BCUT2D eigenvalue weighted by molar-refractivity contribution is 7.92. The van der Waals surface area contributed by atoms with Crippen LogP contribution in [0.3, 0.4) is 0 Å². The monoisotopic (exact) mass is 1590 g/mol. The highest BCUT2D eigenvalue weighted by Gasteiger charge is 2.29. The fourth-order valence-corrected chi connectivity index (χ4v) is 14.6. The number of ether oxygens (including phenoxy) is 2. The van der Waals surface area contributed by atoms with E-state index in [0.29, 0.717) is 129 Å². The zero-order valence-electron chi connectivity index (χ0n) is 64.1. The molecule has 580 valence electrons. The maximum atomic E-state index is 12.3. The van der Waals surface area contributed by atoms with Crippen LogP contribution in [0, 0.1) is 54.3 Å². The van der Waals surface area contributed by atoms with Crippen molar-refractivity contribution in [1.82, 2.24) is 49.0 Å². The number of fused-ring (bicyclic) bond motifs is 3. The Morgan fingerprint density at radius 2 is 0.875 bits per heavy atom. The average molecular weight is 1590 g/mol. The van der Waals surface area contributed by atoms with Gasteiger partial charge < -0.3 is 45.7 Å². The van der Waals surface area contributed by atoms with Gasteiger partial charge in [0.1, 0.15) is 57.4 Å². The van der Waals surface area contributed by atoms with Gasteiger partial charge in [0.2, 0.25) is 35.9 Å². The lowest BCUT2D eigenvalue weighted by Gasteiger charge is -2.25. The molecule has 0 bridgehead atoms. The summed E-state index contributed by atoms with van der Waals surface area (Å²) in [6.07, 6.45) is 10.8. The molecule has 2 unspecified atom stereocenters. The van der Waals surface area contributed by atoms with E-state index in [1.807, 2.05) is 123 Å². The lowest BCUT2D eigenvalue weighted by Crippen LogP contribution is -2.25. The number of aryl methyl sites for hydroxylation is 5. The normalized spacial score (nSPS) is 14.6. The van der Waals surface area contributed by atoms with Gasteiger partial charge in [-0.05, 0) is 157 Å². The number of nitrogens with one attached hydrogen (secondary N) is 3. The van der Waals surface area contributed by atoms with E-state index in [-0.39, 0.29) is 12.5 Å². The Labute approximate surface area is 657 Å². The summed E-state index contributed by atoms with van der Waals surface area (Å²) in [5, 5.41) is 10.4. The summed E-state index contributed by atoms with van der Waals surface area (Å²) in [6, 6.07) is 38.2. The van der Waals surface area contributed by atoms with E-state index in [1.165, 1.54) is 52.8 Å². The average Bonchev–Trinajstić information content (AvgIpc) is 1.61. The van der Waals surface area contributed by atoms with Crippen molar-refractivity contribution < 1.29 is 34.7 Å². The number of nitrogens with zero attached hydrogens (tertiary/aromatic N) is 17. The van der Waals surface area contributed by atoms with Gasteiger partial charge >= 0.3 is 0 Å². The number of imidazole rings is 2. The number of hydrogen-bond acceptors (Lipinski definition) is 21. The first kappa shape index (κ1) is 81.3. The minimum absolute atomic E-state index is 0.119. The summed E-state index contributed by atoms with van der Waals surface area (Å²) in [6.45, 7) is 34.2. The molecule has 0 radical (unpaired) electrons. The summed E-state index contributed by atoms with van der Waals surface area (Å²) in [7, 11) is -5.75. The van der Waals surface area contributed by atoms with Crippen molar-refractivity contribution in [3.05, 3.63) is 224 Å². The smallest absolute Gasteiger partial charge is 0.274 e. The van der Waals surface area contributed by atoms with Crippen LogP contribution in [-0.4, -0.2) is 133 Å². The third-order valence-electron chi connectivity index (χ3n) is 18.8. The van der Waals surface area contributed by atoms with E-state index < -0.39 is 30.1 Å². The van der Waals surface area contributed by atoms with E-state index >= 15 is 0 Å². The number of nitrogen functional groups attached to an aromatic ring is 1. The number of benzene rings is 3. The standard InChI is InChI=1S/C28H31N7O3S.C24H24N6O2S.C20H24ClN5O3S.C7H7N3/c1-18-13-14-20(31-27(18)29-3)16-21-17-23(33-22-10-6-7-11-24(22)34(4)39(5,36)37)26-28(32-21)35(19(2)30-26)25-12-8-9-15-38-25;1-15-10-11-17(28-24(15)25-3)13-18-14-21(23-20(27-18)12-16(2)26-23)29-19-8-6-7-9-22(19)30(4)33(5,31)32;1-13-22-19-15(23-14-8-4-5-9-16(14)25(2)30(3,27)28)12-17(21)24-20(19)26(13)18-10-6-7-11-29-18;1-5-3-4-6(8)10-7(5)9-2/h6-7,10-11,13-14,17,25H,8-9,12,15-16H2,1-2,4-5H3,(H,32,33);6-11,14H,12-13H2,1-2,4-5H3,(H,27,29);4-5,8-9,12,18H,6-7,10-11H2,1-3H3,(H,23,24);3-4H,1H3,(H2,8,10). The molecular weight excluding hydrogens is 1500 g/mol. The molecule has 11 heterocycles. The first-order valence-electron chi connectivity index (χ1n) is 35.7. The molecule has 0 aliphatic carbocycles. The molecule has 0 amide bonds. The van der Waals surface area contributed by atoms with Crippen LogP contribution in [0.5, 0.6) is 0 Å².